The van der Waals surface area contributed by atoms with Crippen LogP contribution in [0.1, 0.15) is 52.9 Å². The molecule has 3 aromatic rings. The number of Topliss-reactive ketones (excluding diaryl/α,β-unsaturated/α-hetero) is 1. The molecule has 0 fully saturated rings. The predicted octanol–water partition coefficient (Wildman–Crippen LogP) is 5.76. The van der Waals surface area contributed by atoms with Gasteiger partial charge in [-0.25, -0.2) is 14.4 Å². The van der Waals surface area contributed by atoms with E-state index in [1.54, 1.807) is 48.7 Å². The summed E-state index contributed by atoms with van der Waals surface area (Å²) in [6, 6.07) is 23.4. The lowest BCUT2D eigenvalue weighted by molar-refractivity contribution is -0.148. The Morgan fingerprint density at radius 3 is 1.46 bits per heavy atom. The molecule has 3 aromatic carbocycles. The third-order valence-corrected chi connectivity index (χ3v) is 5.70. The van der Waals surface area contributed by atoms with E-state index in [0.29, 0.717) is 5.56 Å². The molecule has 0 heterocycles. The van der Waals surface area contributed by atoms with E-state index in [0.717, 1.165) is 41.7 Å². The van der Waals surface area contributed by atoms with Crippen LogP contribution in [-0.4, -0.2) is 84.2 Å². The fourth-order valence-electron chi connectivity index (χ4n) is 2.78. The first-order valence-electron chi connectivity index (χ1n) is 14.5. The Labute approximate surface area is 294 Å². The molecule has 0 aliphatic heterocycles. The van der Waals surface area contributed by atoms with Crippen LogP contribution in [0.15, 0.2) is 91.0 Å². The molecule has 0 aliphatic carbocycles. The Hall–Kier alpha value is -5.76. The maximum absolute atomic E-state index is 10.3. The minimum Gasteiger partial charge on any atom is -0.481 e. The number of benzene rings is 3. The van der Waals surface area contributed by atoms with E-state index in [2.05, 4.69) is 0 Å². The molecule has 0 radical (unpaired) electrons. The van der Waals surface area contributed by atoms with Crippen molar-refractivity contribution in [1.82, 2.24) is 0 Å². The van der Waals surface area contributed by atoms with Crippen molar-refractivity contribution in [2.75, 3.05) is 12.0 Å². The Morgan fingerprint density at radius 2 is 1.14 bits per heavy atom. The van der Waals surface area contributed by atoms with Crippen molar-refractivity contribution >= 4 is 53.4 Å². The molecule has 3 rings (SSSR count). The number of carboxylic acid groups (broad SMARTS) is 6. The lowest BCUT2D eigenvalue weighted by Gasteiger charge is -1.99. The first-order valence-corrected chi connectivity index (χ1v) is 15.9. The maximum Gasteiger partial charge on any atom is 0.371 e. The Bertz CT molecular complexity index is 1490. The SMILES string of the molecule is CC(=O)C(=O)O.CC/C=C/C(=O)O.CSCC(=O)O.Cc1ccc(C(=O)O)cc1.Cc1ccccc1CC(=O)O.O=C(O)Cc1ccccc1. The molecule has 0 aromatic heterocycles. The van der Waals surface area contributed by atoms with Crippen molar-refractivity contribution in [3.05, 3.63) is 119 Å². The highest BCUT2D eigenvalue weighted by atomic mass is 32.2. The fraction of sp³-hybridized carbons (Fsp3) is 0.250. The number of hydrogen-bond acceptors (Lipinski definition) is 8. The number of allylic oxidation sites excluding steroid dienone is 1. The second-order valence-electron chi connectivity index (χ2n) is 9.56. The zero-order chi connectivity index (χ0) is 39.1. The van der Waals surface area contributed by atoms with Gasteiger partial charge in [0, 0.05) is 13.0 Å². The Morgan fingerprint density at radius 1 is 0.660 bits per heavy atom. The van der Waals surface area contributed by atoms with E-state index in [1.807, 2.05) is 63.2 Å². The van der Waals surface area contributed by atoms with Gasteiger partial charge in [0.2, 0.25) is 5.78 Å². The minimum atomic E-state index is -1.38. The van der Waals surface area contributed by atoms with Gasteiger partial charge >= 0.3 is 35.8 Å². The first kappa shape index (κ1) is 48.6. The molecule has 0 bridgehead atoms. The summed E-state index contributed by atoms with van der Waals surface area (Å²) in [5, 5.41) is 48.8. The summed E-state index contributed by atoms with van der Waals surface area (Å²) in [4.78, 5) is 68.9. The van der Waals surface area contributed by atoms with E-state index >= 15 is 0 Å². The molecule has 6 N–H and O–H groups in total. The van der Waals surface area contributed by atoms with Crippen LogP contribution in [0.4, 0.5) is 0 Å². The van der Waals surface area contributed by atoms with Crippen molar-refractivity contribution in [3.63, 3.8) is 0 Å². The van der Waals surface area contributed by atoms with Gasteiger partial charge in [-0.15, -0.1) is 0 Å². The molecule has 0 spiro atoms. The first-order chi connectivity index (χ1) is 23.4. The van der Waals surface area contributed by atoms with E-state index in [9.17, 15) is 33.6 Å². The summed E-state index contributed by atoms with van der Waals surface area (Å²) >= 11 is 1.31. The molecule has 50 heavy (non-hydrogen) atoms. The van der Waals surface area contributed by atoms with Crippen molar-refractivity contribution < 1.29 is 64.2 Å². The van der Waals surface area contributed by atoms with Gasteiger partial charge in [0.15, 0.2) is 0 Å². The predicted molar refractivity (Wildman–Crippen MR) is 190 cm³/mol. The van der Waals surface area contributed by atoms with Crippen LogP contribution in [0.3, 0.4) is 0 Å². The molecule has 13 nitrogen and oxygen atoms in total. The highest BCUT2D eigenvalue weighted by molar-refractivity contribution is 7.99. The largest absolute Gasteiger partial charge is 0.481 e. The number of ketones is 1. The van der Waals surface area contributed by atoms with Gasteiger partial charge in [0.25, 0.3) is 0 Å². The summed E-state index contributed by atoms with van der Waals surface area (Å²) in [7, 11) is 0. The zero-order valence-corrected chi connectivity index (χ0v) is 29.3. The number of aryl methyl sites for hydroxylation is 2. The third kappa shape index (κ3) is 33.6. The van der Waals surface area contributed by atoms with Gasteiger partial charge in [-0.1, -0.05) is 85.3 Å². The number of carbonyl (C=O) groups is 7. The number of thioether (sulfide) groups is 1. The van der Waals surface area contributed by atoms with Gasteiger partial charge in [-0.05, 0) is 55.3 Å². The summed E-state index contributed by atoms with van der Waals surface area (Å²) in [5.74, 6) is -6.06. The number of aromatic carboxylic acids is 1. The topological polar surface area (TPSA) is 241 Å². The van der Waals surface area contributed by atoms with Gasteiger partial charge in [0.1, 0.15) is 0 Å². The second kappa shape index (κ2) is 30.6. The highest BCUT2D eigenvalue weighted by Crippen LogP contribution is 2.07. The zero-order valence-electron chi connectivity index (χ0n) is 28.4. The van der Waals surface area contributed by atoms with E-state index in [1.165, 1.54) is 11.8 Å². The standard InChI is InChI=1S/C9H10O2.2C8H8O2.C5H8O2.C3H4O3.C3H6O2S/c1-7-4-2-3-5-8(7)6-9(10)11;1-6-2-4-7(5-3-6)8(9)10;9-8(10)6-7-4-2-1-3-5-7;1-2-3-4-5(6)7;1-2(4)3(5)6;1-6-2-3(4)5/h2-5H,6H2,1H3,(H,10,11);2-5H,1H3,(H,9,10);1-5H,6H2,(H,9,10);3-4H,2H2,1H3,(H,6,7);1H3,(H,5,6);2H2,1H3,(H,4,5)/b;;;4-3+;;. The number of carbonyl (C=O) groups excluding carboxylic acids is 1. The number of aliphatic carboxylic acids is 5. The lowest BCUT2D eigenvalue weighted by atomic mass is 10.1. The van der Waals surface area contributed by atoms with Gasteiger partial charge in [0.05, 0.1) is 24.2 Å². The van der Waals surface area contributed by atoms with Crippen LogP contribution < -0.4 is 0 Å². The molecule has 0 atom stereocenters. The van der Waals surface area contributed by atoms with Crippen molar-refractivity contribution in [2.45, 2.75) is 47.0 Å². The quantitative estimate of drug-likeness (QED) is 0.108. The number of rotatable bonds is 10. The fourth-order valence-corrected chi connectivity index (χ4v) is 3.03. The molecule has 0 saturated carbocycles. The van der Waals surface area contributed by atoms with Crippen LogP contribution >= 0.6 is 11.8 Å². The van der Waals surface area contributed by atoms with Crippen LogP contribution in [-0.2, 0) is 41.6 Å². The van der Waals surface area contributed by atoms with E-state index in [-0.39, 0.29) is 18.6 Å². The summed E-state index contributed by atoms with van der Waals surface area (Å²) < 4.78 is 0. The van der Waals surface area contributed by atoms with Crippen LogP contribution in [0, 0.1) is 13.8 Å². The molecular formula is C36H44O13S. The summed E-state index contributed by atoms with van der Waals surface area (Å²) in [5.41, 5.74) is 4.18. The smallest absolute Gasteiger partial charge is 0.371 e. The average Bonchev–Trinajstić information content (AvgIpc) is 3.03. The second-order valence-corrected chi connectivity index (χ2v) is 10.4. The molecule has 0 amide bonds. The Kier molecular flexibility index (Phi) is 29.7. The van der Waals surface area contributed by atoms with Crippen LogP contribution in [0.2, 0.25) is 0 Å². The van der Waals surface area contributed by atoms with Gasteiger partial charge in [-0.2, -0.15) is 11.8 Å². The maximum atomic E-state index is 10.3. The van der Waals surface area contributed by atoms with E-state index in [4.69, 9.17) is 30.6 Å². The third-order valence-electron chi connectivity index (χ3n) is 5.16. The summed E-state index contributed by atoms with van der Waals surface area (Å²) in [6.07, 6.45) is 5.51. The molecule has 0 unspecified atom stereocenters. The van der Waals surface area contributed by atoms with Crippen molar-refractivity contribution in [2.24, 2.45) is 0 Å². The van der Waals surface area contributed by atoms with Crippen molar-refractivity contribution in [3.8, 4) is 0 Å². The van der Waals surface area contributed by atoms with E-state index < -0.39 is 41.6 Å². The lowest BCUT2D eigenvalue weighted by Crippen LogP contribution is -2.05. The molecular weight excluding hydrogens is 672 g/mol. The minimum absolute atomic E-state index is 0.112. The van der Waals surface area contributed by atoms with Crippen LogP contribution in [0.25, 0.3) is 0 Å². The summed E-state index contributed by atoms with van der Waals surface area (Å²) in [6.45, 7) is 6.73. The molecule has 0 saturated heterocycles. The Balaban J connectivity index is -0.000000540. The molecule has 14 heteroatoms. The van der Waals surface area contributed by atoms with Crippen molar-refractivity contribution in [1.29, 1.82) is 0 Å². The molecule has 0 aliphatic rings. The normalized spacial score (nSPS) is 9.06. The number of hydrogen-bond donors (Lipinski definition) is 6. The van der Waals surface area contributed by atoms with Gasteiger partial charge < -0.3 is 30.6 Å². The molecule has 272 valence electrons. The highest BCUT2D eigenvalue weighted by Gasteiger charge is 2.02. The number of carboxylic acids is 6. The van der Waals surface area contributed by atoms with Crippen LogP contribution in [0.5, 0.6) is 0 Å². The monoisotopic (exact) mass is 716 g/mol. The van der Waals surface area contributed by atoms with Gasteiger partial charge in [-0.3, -0.25) is 19.2 Å². The average molecular weight is 717 g/mol.